The van der Waals surface area contributed by atoms with Gasteiger partial charge in [-0.15, -0.1) is 0 Å². The van der Waals surface area contributed by atoms with Crippen molar-refractivity contribution in [3.8, 4) is 0 Å². The predicted octanol–water partition coefficient (Wildman–Crippen LogP) is 5.27. The van der Waals surface area contributed by atoms with Crippen molar-refractivity contribution in [2.24, 2.45) is 5.92 Å². The summed E-state index contributed by atoms with van der Waals surface area (Å²) in [5, 5.41) is 13.2. The molecule has 0 aliphatic carbocycles. The van der Waals surface area contributed by atoms with Crippen LogP contribution in [0.3, 0.4) is 0 Å². The first kappa shape index (κ1) is 18.8. The van der Waals surface area contributed by atoms with Crippen molar-refractivity contribution < 1.29 is 9.90 Å². The number of fused-ring (bicyclic) bond motifs is 2. The van der Waals surface area contributed by atoms with Gasteiger partial charge in [-0.25, -0.2) is 0 Å². The fourth-order valence-corrected chi connectivity index (χ4v) is 4.76. The van der Waals surface area contributed by atoms with Crippen LogP contribution in [0.25, 0.3) is 21.7 Å². The lowest BCUT2D eigenvalue weighted by Crippen LogP contribution is -2.41. The van der Waals surface area contributed by atoms with E-state index in [1.54, 1.807) is 0 Å². The number of carbonyl (C=O) groups is 1. The standard InChI is InChI=1S/C26H24N2O2/c29-26(30)21-8-5-15-28(17-21)25(20-12-11-18-6-1-2-7-19(18)16-20)23-13-14-27-24-10-4-3-9-22(23)24/h1-4,6-7,9-14,16,21,25H,5,8,15,17H2,(H,29,30). The van der Waals surface area contributed by atoms with E-state index < -0.39 is 5.97 Å². The molecule has 1 aliphatic rings. The van der Waals surface area contributed by atoms with E-state index in [-0.39, 0.29) is 12.0 Å². The van der Waals surface area contributed by atoms with Crippen LogP contribution in [0.2, 0.25) is 0 Å². The topological polar surface area (TPSA) is 53.4 Å². The molecule has 2 atom stereocenters. The van der Waals surface area contributed by atoms with Crippen LogP contribution in [0.15, 0.2) is 79.0 Å². The highest BCUT2D eigenvalue weighted by atomic mass is 16.4. The SMILES string of the molecule is O=C(O)C1CCCN(C(c2ccc3ccccc3c2)c2ccnc3ccccc23)C1. The molecular weight excluding hydrogens is 372 g/mol. The van der Waals surface area contributed by atoms with Gasteiger partial charge >= 0.3 is 5.97 Å². The number of aromatic nitrogens is 1. The Morgan fingerprint density at radius 1 is 1.00 bits per heavy atom. The zero-order chi connectivity index (χ0) is 20.5. The van der Waals surface area contributed by atoms with Gasteiger partial charge in [-0.1, -0.05) is 54.6 Å². The molecule has 0 radical (unpaired) electrons. The molecule has 150 valence electrons. The summed E-state index contributed by atoms with van der Waals surface area (Å²) in [6.07, 6.45) is 3.50. The molecule has 1 N–H and O–H groups in total. The average Bonchev–Trinajstić information content (AvgIpc) is 2.79. The van der Waals surface area contributed by atoms with Gasteiger partial charge in [0.15, 0.2) is 0 Å². The Kier molecular flexibility index (Phi) is 4.93. The Labute approximate surface area is 175 Å². The van der Waals surface area contributed by atoms with Gasteiger partial charge in [0.1, 0.15) is 0 Å². The summed E-state index contributed by atoms with van der Waals surface area (Å²) in [6, 6.07) is 25.3. The molecule has 1 aromatic heterocycles. The number of likely N-dealkylation sites (tertiary alicyclic amines) is 1. The Balaban J connectivity index is 1.67. The number of hydrogen-bond acceptors (Lipinski definition) is 3. The lowest BCUT2D eigenvalue weighted by Gasteiger charge is -2.38. The highest BCUT2D eigenvalue weighted by Gasteiger charge is 2.32. The van der Waals surface area contributed by atoms with Gasteiger partial charge in [0.05, 0.1) is 17.5 Å². The van der Waals surface area contributed by atoms with Crippen LogP contribution in [0.4, 0.5) is 0 Å². The smallest absolute Gasteiger partial charge is 0.307 e. The van der Waals surface area contributed by atoms with Gasteiger partial charge in [0.2, 0.25) is 0 Å². The number of para-hydroxylation sites is 1. The number of rotatable bonds is 4. The van der Waals surface area contributed by atoms with E-state index >= 15 is 0 Å². The van der Waals surface area contributed by atoms with Crippen molar-refractivity contribution in [1.82, 2.24) is 9.88 Å². The number of aliphatic carboxylic acids is 1. The third kappa shape index (κ3) is 3.44. The van der Waals surface area contributed by atoms with E-state index in [4.69, 9.17) is 0 Å². The number of benzene rings is 3. The minimum Gasteiger partial charge on any atom is -0.481 e. The summed E-state index contributed by atoms with van der Waals surface area (Å²) in [5.41, 5.74) is 3.34. The van der Waals surface area contributed by atoms with Crippen LogP contribution in [-0.4, -0.2) is 34.0 Å². The molecule has 2 heterocycles. The third-order valence-electron chi connectivity index (χ3n) is 6.23. The molecule has 0 saturated carbocycles. The van der Waals surface area contributed by atoms with Crippen molar-refractivity contribution in [3.63, 3.8) is 0 Å². The van der Waals surface area contributed by atoms with Crippen LogP contribution in [0, 0.1) is 5.92 Å². The first-order chi connectivity index (χ1) is 14.7. The molecule has 1 fully saturated rings. The van der Waals surface area contributed by atoms with Crippen LogP contribution in [0.1, 0.15) is 30.0 Å². The maximum Gasteiger partial charge on any atom is 0.307 e. The lowest BCUT2D eigenvalue weighted by molar-refractivity contribution is -0.143. The monoisotopic (exact) mass is 396 g/mol. The quantitative estimate of drug-likeness (QED) is 0.510. The summed E-state index contributed by atoms with van der Waals surface area (Å²) in [6.45, 7) is 1.45. The molecule has 3 aromatic carbocycles. The summed E-state index contributed by atoms with van der Waals surface area (Å²) in [4.78, 5) is 18.6. The van der Waals surface area contributed by atoms with E-state index in [1.807, 2.05) is 24.4 Å². The molecule has 1 aliphatic heterocycles. The molecule has 0 amide bonds. The number of carboxylic acids is 1. The van der Waals surface area contributed by atoms with Gasteiger partial charge in [-0.05, 0) is 59.5 Å². The van der Waals surface area contributed by atoms with Crippen LogP contribution >= 0.6 is 0 Å². The van der Waals surface area contributed by atoms with Crippen molar-refractivity contribution in [1.29, 1.82) is 0 Å². The van der Waals surface area contributed by atoms with Crippen LogP contribution in [0.5, 0.6) is 0 Å². The zero-order valence-corrected chi connectivity index (χ0v) is 16.7. The first-order valence-electron chi connectivity index (χ1n) is 10.5. The molecule has 0 bridgehead atoms. The largest absolute Gasteiger partial charge is 0.481 e. The van der Waals surface area contributed by atoms with E-state index in [0.717, 1.165) is 30.3 Å². The van der Waals surface area contributed by atoms with Crippen LogP contribution < -0.4 is 0 Å². The second-order valence-corrected chi connectivity index (χ2v) is 8.10. The van der Waals surface area contributed by atoms with Crippen molar-refractivity contribution in [3.05, 3.63) is 90.1 Å². The summed E-state index contributed by atoms with van der Waals surface area (Å²) < 4.78 is 0. The van der Waals surface area contributed by atoms with Gasteiger partial charge in [0.25, 0.3) is 0 Å². The second-order valence-electron chi connectivity index (χ2n) is 8.10. The van der Waals surface area contributed by atoms with Crippen molar-refractivity contribution in [2.45, 2.75) is 18.9 Å². The fraction of sp³-hybridized carbons (Fsp3) is 0.231. The lowest BCUT2D eigenvalue weighted by atomic mass is 9.89. The maximum absolute atomic E-state index is 11.7. The highest BCUT2D eigenvalue weighted by Crippen LogP contribution is 2.36. The fourth-order valence-electron chi connectivity index (χ4n) is 4.76. The Bertz CT molecular complexity index is 1210. The number of pyridine rings is 1. The van der Waals surface area contributed by atoms with Gasteiger partial charge in [-0.2, -0.15) is 0 Å². The minimum absolute atomic E-state index is 0.00958. The van der Waals surface area contributed by atoms with Gasteiger partial charge in [0, 0.05) is 18.1 Å². The summed E-state index contributed by atoms with van der Waals surface area (Å²) >= 11 is 0. The predicted molar refractivity (Wildman–Crippen MR) is 119 cm³/mol. The van der Waals surface area contributed by atoms with Crippen LogP contribution in [-0.2, 0) is 4.79 Å². The van der Waals surface area contributed by atoms with E-state index in [0.29, 0.717) is 6.54 Å². The number of hydrogen-bond donors (Lipinski definition) is 1. The molecule has 4 nitrogen and oxygen atoms in total. The number of nitrogens with zero attached hydrogens (tertiary/aromatic N) is 2. The maximum atomic E-state index is 11.7. The average molecular weight is 396 g/mol. The number of piperidine rings is 1. The molecule has 1 saturated heterocycles. The summed E-state index contributed by atoms with van der Waals surface area (Å²) in [7, 11) is 0. The Hall–Kier alpha value is -3.24. The second kappa shape index (κ2) is 7.88. The van der Waals surface area contributed by atoms with Crippen molar-refractivity contribution >= 4 is 27.6 Å². The Morgan fingerprint density at radius 3 is 2.67 bits per heavy atom. The molecule has 4 aromatic rings. The Morgan fingerprint density at radius 2 is 1.80 bits per heavy atom. The first-order valence-corrected chi connectivity index (χ1v) is 10.5. The van der Waals surface area contributed by atoms with Gasteiger partial charge < -0.3 is 5.11 Å². The zero-order valence-electron chi connectivity index (χ0n) is 16.7. The van der Waals surface area contributed by atoms with E-state index in [1.165, 1.54) is 21.9 Å². The molecule has 5 rings (SSSR count). The van der Waals surface area contributed by atoms with E-state index in [2.05, 4.69) is 64.5 Å². The third-order valence-corrected chi connectivity index (χ3v) is 6.23. The number of carboxylic acid groups (broad SMARTS) is 1. The molecule has 30 heavy (non-hydrogen) atoms. The normalized spacial score (nSPS) is 18.5. The van der Waals surface area contributed by atoms with E-state index in [9.17, 15) is 9.90 Å². The molecule has 0 spiro atoms. The molecule has 4 heteroatoms. The molecular formula is C26H24N2O2. The molecule has 2 unspecified atom stereocenters. The highest BCUT2D eigenvalue weighted by molar-refractivity contribution is 5.85. The summed E-state index contributed by atoms with van der Waals surface area (Å²) in [5.74, 6) is -1.02. The minimum atomic E-state index is -0.698. The van der Waals surface area contributed by atoms with Gasteiger partial charge in [-0.3, -0.25) is 14.7 Å². The van der Waals surface area contributed by atoms with Crippen molar-refractivity contribution in [2.75, 3.05) is 13.1 Å².